The smallest absolute Gasteiger partial charge is 0.234 e. The van der Waals surface area contributed by atoms with Crippen molar-refractivity contribution in [1.29, 1.82) is 0 Å². The molecule has 10 heteroatoms. The number of anilines is 2. The van der Waals surface area contributed by atoms with Crippen LogP contribution in [-0.2, 0) is 9.53 Å². The summed E-state index contributed by atoms with van der Waals surface area (Å²) >= 11 is 9.70. The molecule has 0 aliphatic heterocycles. The van der Waals surface area contributed by atoms with Crippen LogP contribution in [0.2, 0.25) is 0 Å². The standard InChI is InChI=1S/C14H16Br2N4O2S2/c1-8-5-9(15)12(10(16)6-8)18-11(21)7-23-14-20-19-13(24-14)17-3-4-22-2/h5-6H,3-4,7H2,1-2H3,(H,17,19)(H,18,21). The molecule has 1 heterocycles. The fraction of sp³-hybridized carbons (Fsp3) is 0.357. The summed E-state index contributed by atoms with van der Waals surface area (Å²) in [5.41, 5.74) is 1.83. The highest BCUT2D eigenvalue weighted by Gasteiger charge is 2.12. The van der Waals surface area contributed by atoms with Gasteiger partial charge in [0.05, 0.1) is 18.0 Å². The van der Waals surface area contributed by atoms with Gasteiger partial charge in [-0.1, -0.05) is 23.1 Å². The summed E-state index contributed by atoms with van der Waals surface area (Å²) in [6.45, 7) is 3.27. The zero-order valence-corrected chi connectivity index (χ0v) is 17.9. The molecule has 130 valence electrons. The van der Waals surface area contributed by atoms with E-state index in [-0.39, 0.29) is 11.7 Å². The molecule has 0 atom stereocenters. The number of hydrogen-bond donors (Lipinski definition) is 2. The predicted octanol–water partition coefficient (Wildman–Crippen LogP) is 4.16. The van der Waals surface area contributed by atoms with Crippen LogP contribution in [0, 0.1) is 6.92 Å². The number of nitrogens with zero attached hydrogens (tertiary/aromatic N) is 2. The molecule has 0 unspecified atom stereocenters. The van der Waals surface area contributed by atoms with Crippen LogP contribution in [0.4, 0.5) is 10.8 Å². The summed E-state index contributed by atoms with van der Waals surface area (Å²) in [4.78, 5) is 12.1. The highest BCUT2D eigenvalue weighted by atomic mass is 79.9. The van der Waals surface area contributed by atoms with Gasteiger partial charge < -0.3 is 15.4 Å². The van der Waals surface area contributed by atoms with Gasteiger partial charge in [0.1, 0.15) is 0 Å². The number of ether oxygens (including phenoxy) is 1. The van der Waals surface area contributed by atoms with Crippen molar-refractivity contribution < 1.29 is 9.53 Å². The summed E-state index contributed by atoms with van der Waals surface area (Å²) in [6, 6.07) is 3.91. The van der Waals surface area contributed by atoms with Gasteiger partial charge in [0.2, 0.25) is 11.0 Å². The maximum atomic E-state index is 12.1. The third-order valence-electron chi connectivity index (χ3n) is 2.77. The highest BCUT2D eigenvalue weighted by molar-refractivity contribution is 9.11. The van der Waals surface area contributed by atoms with E-state index in [1.54, 1.807) is 7.11 Å². The number of hydrogen-bond acceptors (Lipinski definition) is 7. The second kappa shape index (κ2) is 9.71. The topological polar surface area (TPSA) is 76.1 Å². The van der Waals surface area contributed by atoms with Gasteiger partial charge in [-0.05, 0) is 56.5 Å². The Morgan fingerprint density at radius 2 is 2.04 bits per heavy atom. The molecular weight excluding hydrogens is 480 g/mol. The first-order valence-corrected chi connectivity index (χ1v) is 10.3. The minimum atomic E-state index is -0.102. The van der Waals surface area contributed by atoms with Crippen molar-refractivity contribution in [3.8, 4) is 0 Å². The zero-order chi connectivity index (χ0) is 17.5. The number of amides is 1. The van der Waals surface area contributed by atoms with Gasteiger partial charge in [-0.25, -0.2) is 0 Å². The fourth-order valence-electron chi connectivity index (χ4n) is 1.72. The van der Waals surface area contributed by atoms with Crippen molar-refractivity contribution in [2.24, 2.45) is 0 Å². The van der Waals surface area contributed by atoms with Crippen LogP contribution in [0.15, 0.2) is 25.4 Å². The van der Waals surface area contributed by atoms with Crippen LogP contribution < -0.4 is 10.6 Å². The SMILES string of the molecule is COCCNc1nnc(SCC(=O)Nc2c(Br)cc(C)cc2Br)s1. The van der Waals surface area contributed by atoms with E-state index in [2.05, 4.69) is 52.7 Å². The van der Waals surface area contributed by atoms with Crippen LogP contribution in [0.5, 0.6) is 0 Å². The molecule has 1 amide bonds. The molecule has 0 spiro atoms. The van der Waals surface area contributed by atoms with Gasteiger partial charge in [-0.3, -0.25) is 4.79 Å². The lowest BCUT2D eigenvalue weighted by Crippen LogP contribution is -2.14. The van der Waals surface area contributed by atoms with E-state index in [1.807, 2.05) is 19.1 Å². The molecule has 2 rings (SSSR count). The Kier molecular flexibility index (Phi) is 7.95. The second-order valence-electron chi connectivity index (χ2n) is 4.73. The number of carbonyl (C=O) groups is 1. The number of nitrogens with one attached hydrogen (secondary N) is 2. The summed E-state index contributed by atoms with van der Waals surface area (Å²) < 4.78 is 7.39. The van der Waals surface area contributed by atoms with Gasteiger partial charge in [0.25, 0.3) is 0 Å². The van der Waals surface area contributed by atoms with Gasteiger partial charge in [-0.2, -0.15) is 0 Å². The molecule has 24 heavy (non-hydrogen) atoms. The maximum absolute atomic E-state index is 12.1. The van der Waals surface area contributed by atoms with Crippen molar-refractivity contribution >= 4 is 71.7 Å². The first-order valence-electron chi connectivity index (χ1n) is 6.94. The lowest BCUT2D eigenvalue weighted by molar-refractivity contribution is -0.113. The largest absolute Gasteiger partial charge is 0.383 e. The Hall–Kier alpha value is -0.680. The van der Waals surface area contributed by atoms with E-state index in [0.29, 0.717) is 13.2 Å². The number of halogens is 2. The molecule has 6 nitrogen and oxygen atoms in total. The van der Waals surface area contributed by atoms with E-state index in [0.717, 1.165) is 29.7 Å². The minimum Gasteiger partial charge on any atom is -0.383 e. The number of rotatable bonds is 8. The van der Waals surface area contributed by atoms with E-state index in [4.69, 9.17) is 4.74 Å². The molecule has 0 aliphatic carbocycles. The van der Waals surface area contributed by atoms with Crippen LogP contribution in [0.25, 0.3) is 0 Å². The van der Waals surface area contributed by atoms with Gasteiger partial charge in [-0.15, -0.1) is 10.2 Å². The van der Waals surface area contributed by atoms with Crippen LogP contribution in [0.1, 0.15) is 5.56 Å². The normalized spacial score (nSPS) is 10.7. The Morgan fingerprint density at radius 1 is 1.33 bits per heavy atom. The zero-order valence-electron chi connectivity index (χ0n) is 13.1. The monoisotopic (exact) mass is 494 g/mol. The summed E-state index contributed by atoms with van der Waals surface area (Å²) in [7, 11) is 1.65. The third-order valence-corrected chi connectivity index (χ3v) is 6.03. The molecule has 2 N–H and O–H groups in total. The summed E-state index contributed by atoms with van der Waals surface area (Å²) in [5, 5.41) is 14.8. The van der Waals surface area contributed by atoms with E-state index < -0.39 is 0 Å². The van der Waals surface area contributed by atoms with Crippen molar-refractivity contribution in [2.75, 3.05) is 36.6 Å². The van der Waals surface area contributed by atoms with Crippen LogP contribution >= 0.6 is 55.0 Å². The number of carbonyl (C=O) groups excluding carboxylic acids is 1. The van der Waals surface area contributed by atoms with E-state index in [9.17, 15) is 4.79 Å². The first-order chi connectivity index (χ1) is 11.5. The molecule has 1 aromatic carbocycles. The average Bonchev–Trinajstić information content (AvgIpc) is 2.97. The molecule has 0 saturated heterocycles. The Labute approximate surface area is 165 Å². The predicted molar refractivity (Wildman–Crippen MR) is 106 cm³/mol. The fourth-order valence-corrected chi connectivity index (χ4v) is 4.91. The molecule has 0 bridgehead atoms. The average molecular weight is 496 g/mol. The highest BCUT2D eigenvalue weighted by Crippen LogP contribution is 2.33. The van der Waals surface area contributed by atoms with E-state index in [1.165, 1.54) is 23.1 Å². The van der Waals surface area contributed by atoms with E-state index >= 15 is 0 Å². The number of aromatic nitrogens is 2. The second-order valence-corrected chi connectivity index (χ2v) is 8.64. The van der Waals surface area contributed by atoms with Gasteiger partial charge in [0, 0.05) is 22.6 Å². The Morgan fingerprint density at radius 3 is 2.71 bits per heavy atom. The first kappa shape index (κ1) is 19.6. The van der Waals surface area contributed by atoms with Crippen LogP contribution in [-0.4, -0.2) is 42.1 Å². The van der Waals surface area contributed by atoms with Gasteiger partial charge in [0.15, 0.2) is 4.34 Å². The molecule has 0 radical (unpaired) electrons. The number of methoxy groups -OCH3 is 1. The van der Waals surface area contributed by atoms with Crippen molar-refractivity contribution in [3.63, 3.8) is 0 Å². The number of thioether (sulfide) groups is 1. The molecule has 0 fully saturated rings. The minimum absolute atomic E-state index is 0.102. The van der Waals surface area contributed by atoms with Crippen LogP contribution in [0.3, 0.4) is 0 Å². The summed E-state index contributed by atoms with van der Waals surface area (Å²) in [6.07, 6.45) is 0. The number of benzene rings is 1. The van der Waals surface area contributed by atoms with Crippen molar-refractivity contribution in [1.82, 2.24) is 10.2 Å². The van der Waals surface area contributed by atoms with Crippen molar-refractivity contribution in [2.45, 2.75) is 11.3 Å². The maximum Gasteiger partial charge on any atom is 0.234 e. The van der Waals surface area contributed by atoms with Crippen molar-refractivity contribution in [3.05, 3.63) is 26.6 Å². The molecular formula is C14H16Br2N4O2S2. The Balaban J connectivity index is 1.85. The molecule has 1 aromatic heterocycles. The lowest BCUT2D eigenvalue weighted by atomic mass is 10.2. The Bertz CT molecular complexity index is 689. The molecule has 0 saturated carbocycles. The summed E-state index contributed by atoms with van der Waals surface area (Å²) in [5.74, 6) is 0.161. The third kappa shape index (κ3) is 5.99. The molecule has 2 aromatic rings. The van der Waals surface area contributed by atoms with Gasteiger partial charge >= 0.3 is 0 Å². The molecule has 0 aliphatic rings. The number of aryl methyl sites for hydroxylation is 1. The lowest BCUT2D eigenvalue weighted by Gasteiger charge is -2.10. The quantitative estimate of drug-likeness (QED) is 0.423.